The molecular weight excluding hydrogens is 402 g/mol. The van der Waals surface area contributed by atoms with Crippen LogP contribution in [0.15, 0.2) is 47.6 Å². The second kappa shape index (κ2) is 11.4. The van der Waals surface area contributed by atoms with E-state index in [1.54, 1.807) is 12.3 Å². The number of carbonyl (C=O) groups excluding carboxylic acids is 1. The van der Waals surface area contributed by atoms with Gasteiger partial charge in [-0.2, -0.15) is 0 Å². The topological polar surface area (TPSA) is 87.6 Å². The molecule has 8 heteroatoms. The fraction of sp³-hybridized carbons (Fsp3) is 0.409. The van der Waals surface area contributed by atoms with Gasteiger partial charge in [-0.05, 0) is 55.5 Å². The van der Waals surface area contributed by atoms with Crippen molar-refractivity contribution in [3.63, 3.8) is 0 Å². The molecule has 7 nitrogen and oxygen atoms in total. The third-order valence-corrected chi connectivity index (χ3v) is 4.69. The molecule has 1 aliphatic carbocycles. The van der Waals surface area contributed by atoms with Gasteiger partial charge < -0.3 is 20.7 Å². The first-order valence-electron chi connectivity index (χ1n) is 10.3. The molecule has 0 spiro atoms. The Kier molecular flexibility index (Phi) is 8.32. The van der Waals surface area contributed by atoms with Gasteiger partial charge in [0.2, 0.25) is 0 Å². The summed E-state index contributed by atoms with van der Waals surface area (Å²) < 4.78 is 5.61. The highest BCUT2D eigenvalue weighted by atomic mass is 35.5. The predicted molar refractivity (Wildman–Crippen MR) is 119 cm³/mol. The van der Waals surface area contributed by atoms with Gasteiger partial charge in [0.25, 0.3) is 5.91 Å². The normalized spacial score (nSPS) is 13.6. The van der Waals surface area contributed by atoms with Crippen molar-refractivity contribution in [2.24, 2.45) is 4.99 Å². The number of benzene rings is 1. The summed E-state index contributed by atoms with van der Waals surface area (Å²) in [5.41, 5.74) is 2.12. The maximum atomic E-state index is 11.8. The molecule has 0 unspecified atom stereocenters. The van der Waals surface area contributed by atoms with E-state index >= 15 is 0 Å². The first-order chi connectivity index (χ1) is 14.6. The Morgan fingerprint density at radius 3 is 2.83 bits per heavy atom. The van der Waals surface area contributed by atoms with Crippen molar-refractivity contribution in [2.45, 2.75) is 38.8 Å². The van der Waals surface area contributed by atoms with Crippen LogP contribution in [0, 0.1) is 0 Å². The molecule has 0 radical (unpaired) electrons. The number of halogens is 1. The maximum Gasteiger partial charge on any atom is 0.258 e. The minimum atomic E-state index is -0.0737. The van der Waals surface area contributed by atoms with E-state index in [0.29, 0.717) is 23.5 Å². The molecule has 1 aromatic heterocycles. The van der Waals surface area contributed by atoms with Crippen LogP contribution in [0.1, 0.15) is 30.9 Å². The minimum absolute atomic E-state index is 0.0347. The van der Waals surface area contributed by atoms with E-state index in [1.165, 1.54) is 0 Å². The van der Waals surface area contributed by atoms with Crippen LogP contribution < -0.4 is 20.7 Å². The molecule has 1 amide bonds. The van der Waals surface area contributed by atoms with Crippen LogP contribution in [0.2, 0.25) is 5.15 Å². The largest absolute Gasteiger partial charge is 0.484 e. The van der Waals surface area contributed by atoms with Crippen LogP contribution in [-0.2, 0) is 17.8 Å². The Balaban J connectivity index is 1.47. The Morgan fingerprint density at radius 2 is 2.10 bits per heavy atom. The molecule has 1 fully saturated rings. The van der Waals surface area contributed by atoms with Crippen molar-refractivity contribution in [3.05, 3.63) is 58.9 Å². The fourth-order valence-electron chi connectivity index (χ4n) is 2.77. The fourth-order valence-corrected chi connectivity index (χ4v) is 2.88. The van der Waals surface area contributed by atoms with Gasteiger partial charge >= 0.3 is 0 Å². The lowest BCUT2D eigenvalue weighted by atomic mass is 10.2. The van der Waals surface area contributed by atoms with Crippen LogP contribution in [0.25, 0.3) is 0 Å². The molecule has 1 aromatic carbocycles. The third-order valence-electron chi connectivity index (χ3n) is 4.47. The van der Waals surface area contributed by atoms with Crippen LogP contribution in [0.4, 0.5) is 0 Å². The van der Waals surface area contributed by atoms with Crippen LogP contribution in [0.5, 0.6) is 5.75 Å². The number of carbonyl (C=O) groups is 1. The molecule has 0 bridgehead atoms. The van der Waals surface area contributed by atoms with Crippen molar-refractivity contribution in [2.75, 3.05) is 19.7 Å². The lowest BCUT2D eigenvalue weighted by Gasteiger charge is -2.12. The monoisotopic (exact) mass is 429 g/mol. The molecular formula is C22H28ClN5O2. The van der Waals surface area contributed by atoms with E-state index in [1.807, 2.05) is 37.3 Å². The molecule has 0 atom stereocenters. The summed E-state index contributed by atoms with van der Waals surface area (Å²) in [6.07, 6.45) is 4.74. The number of guanidine groups is 1. The quantitative estimate of drug-likeness (QED) is 0.307. The zero-order valence-corrected chi connectivity index (χ0v) is 17.9. The Labute approximate surface area is 182 Å². The summed E-state index contributed by atoms with van der Waals surface area (Å²) in [6.45, 7) is 4.07. The van der Waals surface area contributed by atoms with Gasteiger partial charge in [-0.25, -0.2) is 9.98 Å². The Bertz CT molecular complexity index is 853. The van der Waals surface area contributed by atoms with Crippen molar-refractivity contribution in [3.8, 4) is 5.75 Å². The number of rotatable bonds is 10. The number of nitrogens with one attached hydrogen (secondary N) is 3. The number of nitrogens with zero attached hydrogens (tertiary/aromatic N) is 2. The molecule has 1 aliphatic rings. The van der Waals surface area contributed by atoms with Gasteiger partial charge in [-0.15, -0.1) is 0 Å². The van der Waals surface area contributed by atoms with Crippen LogP contribution >= 0.6 is 11.6 Å². The highest BCUT2D eigenvalue weighted by Crippen LogP contribution is 2.18. The summed E-state index contributed by atoms with van der Waals surface area (Å²) in [6, 6.07) is 11.8. The average Bonchev–Trinajstić information content (AvgIpc) is 3.56. The smallest absolute Gasteiger partial charge is 0.258 e. The number of aliphatic imine (C=N–C) groups is 1. The molecule has 0 saturated heterocycles. The highest BCUT2D eigenvalue weighted by molar-refractivity contribution is 6.29. The second-order valence-electron chi connectivity index (χ2n) is 7.14. The van der Waals surface area contributed by atoms with Gasteiger partial charge in [-0.3, -0.25) is 4.79 Å². The van der Waals surface area contributed by atoms with Crippen molar-refractivity contribution < 1.29 is 9.53 Å². The molecule has 30 heavy (non-hydrogen) atoms. The summed E-state index contributed by atoms with van der Waals surface area (Å²) >= 11 is 5.82. The number of hydrogen-bond acceptors (Lipinski definition) is 4. The molecule has 3 N–H and O–H groups in total. The van der Waals surface area contributed by atoms with E-state index in [9.17, 15) is 4.79 Å². The second-order valence-corrected chi connectivity index (χ2v) is 7.53. The van der Waals surface area contributed by atoms with E-state index in [0.717, 1.165) is 49.4 Å². The van der Waals surface area contributed by atoms with Crippen LogP contribution in [0.3, 0.4) is 0 Å². The summed E-state index contributed by atoms with van der Waals surface area (Å²) in [5.74, 6) is 1.34. The summed E-state index contributed by atoms with van der Waals surface area (Å²) in [7, 11) is 0. The first-order valence-corrected chi connectivity index (χ1v) is 10.6. The maximum absolute atomic E-state index is 11.8. The molecule has 2 aromatic rings. The molecule has 0 aliphatic heterocycles. The lowest BCUT2D eigenvalue weighted by molar-refractivity contribution is -0.123. The first kappa shape index (κ1) is 21.9. The van der Waals surface area contributed by atoms with Gasteiger partial charge in [0, 0.05) is 25.3 Å². The van der Waals surface area contributed by atoms with Gasteiger partial charge in [0.15, 0.2) is 12.6 Å². The lowest BCUT2D eigenvalue weighted by Crippen LogP contribution is -2.38. The summed E-state index contributed by atoms with van der Waals surface area (Å²) in [4.78, 5) is 20.5. The van der Waals surface area contributed by atoms with E-state index < -0.39 is 0 Å². The van der Waals surface area contributed by atoms with Gasteiger partial charge in [0.05, 0.1) is 6.54 Å². The van der Waals surface area contributed by atoms with Gasteiger partial charge in [0.1, 0.15) is 10.9 Å². The number of aromatic nitrogens is 1. The molecule has 160 valence electrons. The third kappa shape index (κ3) is 7.91. The number of ether oxygens (including phenoxy) is 1. The van der Waals surface area contributed by atoms with Crippen molar-refractivity contribution >= 4 is 23.5 Å². The molecule has 3 rings (SSSR count). The zero-order chi connectivity index (χ0) is 21.2. The molecule has 1 heterocycles. The van der Waals surface area contributed by atoms with Gasteiger partial charge in [-0.1, -0.05) is 29.8 Å². The highest BCUT2D eigenvalue weighted by Gasteiger charge is 2.23. The van der Waals surface area contributed by atoms with E-state index in [4.69, 9.17) is 16.3 Å². The SMILES string of the molecule is CCNC(=NCc1cccc(OCC(=O)NC2CC2)c1)NCCc1ccc(Cl)nc1. The average molecular weight is 430 g/mol. The summed E-state index contributed by atoms with van der Waals surface area (Å²) in [5, 5.41) is 9.98. The Hall–Kier alpha value is -2.80. The number of hydrogen-bond donors (Lipinski definition) is 3. The zero-order valence-electron chi connectivity index (χ0n) is 17.2. The van der Waals surface area contributed by atoms with Crippen LogP contribution in [-0.4, -0.2) is 42.6 Å². The predicted octanol–water partition coefficient (Wildman–Crippen LogP) is 2.69. The minimum Gasteiger partial charge on any atom is -0.484 e. The van der Waals surface area contributed by atoms with Crippen molar-refractivity contribution in [1.82, 2.24) is 20.9 Å². The van der Waals surface area contributed by atoms with E-state index in [2.05, 4.69) is 25.9 Å². The standard InChI is InChI=1S/C22H28ClN5O2/c1-2-24-22(25-11-10-16-6-9-20(23)26-13-16)27-14-17-4-3-5-19(12-17)30-15-21(29)28-18-7-8-18/h3-6,9,12-13,18H,2,7-8,10-11,14-15H2,1H3,(H,28,29)(H2,24,25,27). The van der Waals surface area contributed by atoms with E-state index in [-0.39, 0.29) is 12.5 Å². The van der Waals surface area contributed by atoms with Crippen molar-refractivity contribution in [1.29, 1.82) is 0 Å². The number of pyridine rings is 1. The molecule has 1 saturated carbocycles. The Morgan fingerprint density at radius 1 is 1.23 bits per heavy atom. The number of amides is 1.